The highest BCUT2D eigenvalue weighted by Crippen LogP contribution is 2.32. The Labute approximate surface area is 192 Å². The fraction of sp³-hybridized carbons (Fsp3) is 0.696. The van der Waals surface area contributed by atoms with E-state index in [1.54, 1.807) is 6.07 Å². The standard InChI is InChI=1S/C23H37N3O5S/c1-17(2)22(23(27)24-10-4-11-26-12-8-18(3)9-13-26)25-32(28,29)19-6-7-20-21(16-19)31-15-5-14-30-20/h6-7,16-18,22,25H,4-5,8-15H2,1-3H3,(H,24,27). The zero-order valence-electron chi connectivity index (χ0n) is 19.4. The number of sulfonamides is 1. The van der Waals surface area contributed by atoms with Gasteiger partial charge in [-0.1, -0.05) is 20.8 Å². The summed E-state index contributed by atoms with van der Waals surface area (Å²) in [7, 11) is -3.90. The molecule has 1 unspecified atom stereocenters. The minimum absolute atomic E-state index is 0.0551. The van der Waals surface area contributed by atoms with Gasteiger partial charge in [0, 0.05) is 19.0 Å². The Kier molecular flexibility index (Phi) is 8.79. The fourth-order valence-electron chi connectivity index (χ4n) is 3.95. The molecule has 0 aliphatic carbocycles. The van der Waals surface area contributed by atoms with Crippen LogP contribution in [0.25, 0.3) is 0 Å². The quantitative estimate of drug-likeness (QED) is 0.542. The molecule has 32 heavy (non-hydrogen) atoms. The minimum atomic E-state index is -3.90. The highest BCUT2D eigenvalue weighted by molar-refractivity contribution is 7.89. The van der Waals surface area contributed by atoms with Crippen molar-refractivity contribution >= 4 is 15.9 Å². The molecule has 0 spiro atoms. The molecule has 2 N–H and O–H groups in total. The summed E-state index contributed by atoms with van der Waals surface area (Å²) in [5, 5.41) is 2.91. The number of nitrogens with zero attached hydrogens (tertiary/aromatic N) is 1. The largest absolute Gasteiger partial charge is 0.490 e. The van der Waals surface area contributed by atoms with Crippen LogP contribution in [0.2, 0.25) is 0 Å². The van der Waals surface area contributed by atoms with Gasteiger partial charge in [0.25, 0.3) is 0 Å². The van der Waals surface area contributed by atoms with E-state index in [0.29, 0.717) is 31.3 Å². The maximum Gasteiger partial charge on any atom is 0.241 e. The molecular formula is C23H37N3O5S. The van der Waals surface area contributed by atoms with Gasteiger partial charge in [-0.3, -0.25) is 4.79 Å². The summed E-state index contributed by atoms with van der Waals surface area (Å²) in [5.74, 6) is 1.23. The van der Waals surface area contributed by atoms with Crippen molar-refractivity contribution in [3.8, 4) is 11.5 Å². The Balaban J connectivity index is 1.55. The second-order valence-corrected chi connectivity index (χ2v) is 10.9. The molecule has 1 aromatic carbocycles. The third-order valence-electron chi connectivity index (χ3n) is 6.09. The Bertz CT molecular complexity index is 866. The minimum Gasteiger partial charge on any atom is -0.490 e. The summed E-state index contributed by atoms with van der Waals surface area (Å²) in [5.41, 5.74) is 0. The maximum atomic E-state index is 13.0. The van der Waals surface area contributed by atoms with Gasteiger partial charge in [-0.25, -0.2) is 8.42 Å². The summed E-state index contributed by atoms with van der Waals surface area (Å²) < 4.78 is 39.7. The van der Waals surface area contributed by atoms with E-state index in [-0.39, 0.29) is 16.7 Å². The van der Waals surface area contributed by atoms with Crippen molar-refractivity contribution in [2.24, 2.45) is 11.8 Å². The first-order chi connectivity index (χ1) is 15.3. The van der Waals surface area contributed by atoms with Gasteiger partial charge >= 0.3 is 0 Å². The molecule has 0 radical (unpaired) electrons. The Morgan fingerprint density at radius 2 is 1.84 bits per heavy atom. The van der Waals surface area contributed by atoms with Gasteiger partial charge in [-0.2, -0.15) is 4.72 Å². The Morgan fingerprint density at radius 1 is 1.16 bits per heavy atom. The van der Waals surface area contributed by atoms with Crippen LogP contribution in [0.3, 0.4) is 0 Å². The van der Waals surface area contributed by atoms with Crippen LogP contribution in [-0.4, -0.2) is 64.7 Å². The number of fused-ring (bicyclic) bond motifs is 1. The number of ether oxygens (including phenoxy) is 2. The molecular weight excluding hydrogens is 430 g/mol. The SMILES string of the molecule is CC1CCN(CCCNC(=O)C(NS(=O)(=O)c2ccc3c(c2)OCCCO3)C(C)C)CC1. The molecule has 8 nitrogen and oxygen atoms in total. The Hall–Kier alpha value is -1.84. The van der Waals surface area contributed by atoms with E-state index in [1.807, 2.05) is 13.8 Å². The van der Waals surface area contributed by atoms with Crippen molar-refractivity contribution in [1.29, 1.82) is 0 Å². The number of rotatable bonds is 9. The topological polar surface area (TPSA) is 97.0 Å². The lowest BCUT2D eigenvalue weighted by Crippen LogP contribution is -2.50. The summed E-state index contributed by atoms with van der Waals surface area (Å²) in [6.07, 6.45) is 4.04. The second-order valence-electron chi connectivity index (χ2n) is 9.17. The van der Waals surface area contributed by atoms with Crippen LogP contribution in [0.15, 0.2) is 23.1 Å². The van der Waals surface area contributed by atoms with Crippen LogP contribution in [0.5, 0.6) is 11.5 Å². The number of carbonyl (C=O) groups is 1. The average molecular weight is 468 g/mol. The van der Waals surface area contributed by atoms with E-state index in [4.69, 9.17) is 9.47 Å². The molecule has 0 bridgehead atoms. The number of hydrogen-bond acceptors (Lipinski definition) is 6. The molecule has 180 valence electrons. The van der Waals surface area contributed by atoms with E-state index in [9.17, 15) is 13.2 Å². The molecule has 1 saturated heterocycles. The Morgan fingerprint density at radius 3 is 2.53 bits per heavy atom. The molecule has 0 aromatic heterocycles. The highest BCUT2D eigenvalue weighted by atomic mass is 32.2. The molecule has 2 aliphatic heterocycles. The predicted octanol–water partition coefficient (Wildman–Crippen LogP) is 2.39. The van der Waals surface area contributed by atoms with Crippen molar-refractivity contribution in [1.82, 2.24) is 14.9 Å². The molecule has 1 aromatic rings. The number of carbonyl (C=O) groups excluding carboxylic acids is 1. The van der Waals surface area contributed by atoms with Crippen LogP contribution >= 0.6 is 0 Å². The van der Waals surface area contributed by atoms with Gasteiger partial charge in [0.15, 0.2) is 11.5 Å². The summed E-state index contributed by atoms with van der Waals surface area (Å²) in [6, 6.07) is 3.68. The molecule has 1 atom stereocenters. The van der Waals surface area contributed by atoms with E-state index < -0.39 is 16.1 Å². The average Bonchev–Trinajstić information content (AvgIpc) is 3.01. The molecule has 3 rings (SSSR count). The van der Waals surface area contributed by atoms with Crippen molar-refractivity contribution in [2.75, 3.05) is 39.4 Å². The number of benzene rings is 1. The second kappa shape index (κ2) is 11.3. The predicted molar refractivity (Wildman–Crippen MR) is 123 cm³/mol. The van der Waals surface area contributed by atoms with E-state index in [0.717, 1.165) is 38.4 Å². The van der Waals surface area contributed by atoms with Crippen molar-refractivity contribution in [3.63, 3.8) is 0 Å². The number of nitrogens with one attached hydrogen (secondary N) is 2. The highest BCUT2D eigenvalue weighted by Gasteiger charge is 2.29. The number of hydrogen-bond donors (Lipinski definition) is 2. The maximum absolute atomic E-state index is 13.0. The van der Waals surface area contributed by atoms with Gasteiger partial charge < -0.3 is 19.7 Å². The molecule has 1 amide bonds. The van der Waals surface area contributed by atoms with Crippen LogP contribution in [0.1, 0.15) is 46.5 Å². The lowest BCUT2D eigenvalue weighted by molar-refractivity contribution is -0.123. The lowest BCUT2D eigenvalue weighted by Gasteiger charge is -2.30. The van der Waals surface area contributed by atoms with Gasteiger partial charge in [-0.15, -0.1) is 0 Å². The van der Waals surface area contributed by atoms with Crippen LogP contribution in [0.4, 0.5) is 0 Å². The first-order valence-corrected chi connectivity index (χ1v) is 13.2. The van der Waals surface area contributed by atoms with E-state index >= 15 is 0 Å². The van der Waals surface area contributed by atoms with E-state index in [1.165, 1.54) is 25.0 Å². The molecule has 0 saturated carbocycles. The smallest absolute Gasteiger partial charge is 0.241 e. The summed E-state index contributed by atoms with van der Waals surface area (Å²) in [6.45, 7) is 10.6. The first-order valence-electron chi connectivity index (χ1n) is 11.7. The van der Waals surface area contributed by atoms with Crippen LogP contribution in [-0.2, 0) is 14.8 Å². The summed E-state index contributed by atoms with van der Waals surface area (Å²) in [4.78, 5) is 15.3. The van der Waals surface area contributed by atoms with E-state index in [2.05, 4.69) is 21.9 Å². The van der Waals surface area contributed by atoms with Gasteiger partial charge in [0.05, 0.1) is 18.1 Å². The third-order valence-corrected chi connectivity index (χ3v) is 7.53. The van der Waals surface area contributed by atoms with Crippen LogP contribution < -0.4 is 19.5 Å². The number of likely N-dealkylation sites (tertiary alicyclic amines) is 1. The zero-order valence-corrected chi connectivity index (χ0v) is 20.2. The van der Waals surface area contributed by atoms with Gasteiger partial charge in [-0.05, 0) is 62.9 Å². The van der Waals surface area contributed by atoms with Crippen molar-refractivity contribution < 1.29 is 22.7 Å². The lowest BCUT2D eigenvalue weighted by atomic mass is 9.99. The molecule has 9 heteroatoms. The molecule has 1 fully saturated rings. The van der Waals surface area contributed by atoms with Gasteiger partial charge in [0.2, 0.25) is 15.9 Å². The first kappa shape index (κ1) is 24.8. The van der Waals surface area contributed by atoms with Crippen molar-refractivity contribution in [3.05, 3.63) is 18.2 Å². The fourth-order valence-corrected chi connectivity index (χ4v) is 5.31. The van der Waals surface area contributed by atoms with Crippen LogP contribution in [0, 0.1) is 11.8 Å². The molecule has 2 heterocycles. The monoisotopic (exact) mass is 467 g/mol. The number of piperidine rings is 1. The molecule has 2 aliphatic rings. The summed E-state index contributed by atoms with van der Waals surface area (Å²) >= 11 is 0. The normalized spacial score (nSPS) is 18.9. The number of amides is 1. The van der Waals surface area contributed by atoms with Gasteiger partial charge in [0.1, 0.15) is 6.04 Å². The third kappa shape index (κ3) is 6.83. The van der Waals surface area contributed by atoms with Crippen molar-refractivity contribution in [2.45, 2.75) is 57.4 Å². The zero-order chi connectivity index (χ0) is 23.1.